The maximum atomic E-state index is 12.9. The van der Waals surface area contributed by atoms with Gasteiger partial charge in [0.1, 0.15) is 59.1 Å². The van der Waals surface area contributed by atoms with Crippen molar-refractivity contribution < 1.29 is 55.1 Å². The number of Topliss-reactive ketones (excluding diaryl/α,β-unsaturated/α-hetero) is 1. The lowest BCUT2D eigenvalue weighted by Gasteiger charge is -2.42. The summed E-state index contributed by atoms with van der Waals surface area (Å²) in [5.74, 6) is -4.96. The van der Waals surface area contributed by atoms with Crippen molar-refractivity contribution in [2.75, 3.05) is 6.61 Å². The Kier molecular flexibility index (Phi) is 5.49. The van der Waals surface area contributed by atoms with Gasteiger partial charge in [-0.05, 0) is 24.3 Å². The predicted molar refractivity (Wildman–Crippen MR) is 104 cm³/mol. The lowest BCUT2D eigenvalue weighted by atomic mass is 9.86. The summed E-state index contributed by atoms with van der Waals surface area (Å²) in [6.07, 6.45) is -8.82. The first kappa shape index (κ1) is 22.3. The molecule has 11 heteroatoms. The molecular formula is C21H22O11. The molecule has 0 aromatic heterocycles. The molecule has 2 aromatic rings. The topological polar surface area (TPSA) is 197 Å². The number of carbonyl (C=O) groups is 1. The second kappa shape index (κ2) is 7.89. The molecule has 0 spiro atoms. The van der Waals surface area contributed by atoms with E-state index in [4.69, 9.17) is 9.47 Å². The van der Waals surface area contributed by atoms with Crippen LogP contribution in [0.1, 0.15) is 34.0 Å². The molecule has 0 bridgehead atoms. The van der Waals surface area contributed by atoms with Gasteiger partial charge in [-0.1, -0.05) is 0 Å². The Balaban J connectivity index is 1.86. The molecule has 0 radical (unpaired) electrons. The standard InChI is InChI=1S/C21H22O11/c22-7-13-16(27)17(28)18(29)20(31-13)15-11(25)5-10(24)14-12(26)6-21(30,32-19(14)15)8-1-3-9(23)4-2-8/h1-5,13,16-18,20,22-25,27-30H,6-7H2/t13-,16-,17+,18-,20+,21?/m1/s1. The van der Waals surface area contributed by atoms with Crippen LogP contribution in [0.3, 0.4) is 0 Å². The summed E-state index contributed by atoms with van der Waals surface area (Å²) in [4.78, 5) is 12.9. The summed E-state index contributed by atoms with van der Waals surface area (Å²) in [7, 11) is 0. The molecule has 0 saturated carbocycles. The number of ketones is 1. The maximum Gasteiger partial charge on any atom is 0.242 e. The SMILES string of the molecule is O=C1CC(O)(c2ccc(O)cc2)Oc2c1c(O)cc(O)c2[C@@H]1O[C@H](CO)[C@@H](O)[C@H](O)[C@H]1O. The molecular weight excluding hydrogens is 428 g/mol. The summed E-state index contributed by atoms with van der Waals surface area (Å²) in [5, 5.41) is 81.5. The monoisotopic (exact) mass is 450 g/mol. The third-order valence-corrected chi connectivity index (χ3v) is 5.72. The largest absolute Gasteiger partial charge is 0.508 e. The highest BCUT2D eigenvalue weighted by Crippen LogP contribution is 2.51. The molecule has 1 saturated heterocycles. The van der Waals surface area contributed by atoms with E-state index in [1.165, 1.54) is 24.3 Å². The number of phenolic OH excluding ortho intramolecular Hbond substituents is 3. The highest BCUT2D eigenvalue weighted by Gasteiger charge is 2.49. The number of fused-ring (bicyclic) bond motifs is 1. The average Bonchev–Trinajstić information content (AvgIpc) is 2.73. The van der Waals surface area contributed by atoms with Crippen LogP contribution in [0.5, 0.6) is 23.0 Å². The Morgan fingerprint density at radius 3 is 2.25 bits per heavy atom. The lowest BCUT2D eigenvalue weighted by Crippen LogP contribution is -2.55. The fourth-order valence-corrected chi connectivity index (χ4v) is 4.03. The van der Waals surface area contributed by atoms with E-state index < -0.39 is 77.9 Å². The zero-order valence-corrected chi connectivity index (χ0v) is 16.5. The van der Waals surface area contributed by atoms with E-state index >= 15 is 0 Å². The van der Waals surface area contributed by atoms with E-state index in [0.717, 1.165) is 6.07 Å². The molecule has 4 rings (SSSR count). The quantitative estimate of drug-likeness (QED) is 0.289. The van der Waals surface area contributed by atoms with E-state index in [2.05, 4.69) is 0 Å². The third-order valence-electron chi connectivity index (χ3n) is 5.72. The van der Waals surface area contributed by atoms with E-state index in [9.17, 15) is 45.6 Å². The third kappa shape index (κ3) is 3.45. The minimum Gasteiger partial charge on any atom is -0.508 e. The van der Waals surface area contributed by atoms with Crippen molar-refractivity contribution in [3.05, 3.63) is 47.0 Å². The molecule has 2 aromatic carbocycles. The maximum absolute atomic E-state index is 12.9. The van der Waals surface area contributed by atoms with Gasteiger partial charge in [-0.2, -0.15) is 0 Å². The fraction of sp³-hybridized carbons (Fsp3) is 0.381. The number of carbonyl (C=O) groups excluding carboxylic acids is 1. The zero-order chi connectivity index (χ0) is 23.4. The van der Waals surface area contributed by atoms with Gasteiger partial charge in [-0.15, -0.1) is 0 Å². The number of aliphatic hydroxyl groups excluding tert-OH is 4. The van der Waals surface area contributed by atoms with E-state index in [1.54, 1.807) is 0 Å². The smallest absolute Gasteiger partial charge is 0.242 e. The number of phenols is 3. The summed E-state index contributed by atoms with van der Waals surface area (Å²) in [6, 6.07) is 5.96. The molecule has 2 aliphatic heterocycles. The summed E-state index contributed by atoms with van der Waals surface area (Å²) >= 11 is 0. The molecule has 32 heavy (non-hydrogen) atoms. The van der Waals surface area contributed by atoms with Crippen LogP contribution in [0.15, 0.2) is 30.3 Å². The first-order chi connectivity index (χ1) is 15.1. The molecule has 0 aliphatic carbocycles. The van der Waals surface area contributed by atoms with Crippen molar-refractivity contribution in [2.45, 2.75) is 42.7 Å². The van der Waals surface area contributed by atoms with Crippen molar-refractivity contribution in [1.29, 1.82) is 0 Å². The normalized spacial score (nSPS) is 32.3. The van der Waals surface area contributed by atoms with Crippen molar-refractivity contribution in [1.82, 2.24) is 0 Å². The fourth-order valence-electron chi connectivity index (χ4n) is 4.03. The van der Waals surface area contributed by atoms with Gasteiger partial charge >= 0.3 is 0 Å². The number of aliphatic hydroxyl groups is 5. The zero-order valence-electron chi connectivity index (χ0n) is 16.5. The predicted octanol–water partition coefficient (Wildman–Crippen LogP) is -0.871. The average molecular weight is 450 g/mol. The van der Waals surface area contributed by atoms with E-state index in [1.807, 2.05) is 0 Å². The van der Waals surface area contributed by atoms with Crippen molar-refractivity contribution in [2.24, 2.45) is 0 Å². The minimum atomic E-state index is -2.26. The Morgan fingerprint density at radius 1 is 0.969 bits per heavy atom. The van der Waals surface area contributed by atoms with Crippen LogP contribution in [0, 0.1) is 0 Å². The summed E-state index contributed by atoms with van der Waals surface area (Å²) in [6.45, 7) is -0.736. The highest BCUT2D eigenvalue weighted by atomic mass is 16.6. The van der Waals surface area contributed by atoms with Crippen LogP contribution < -0.4 is 4.74 Å². The first-order valence-corrected chi connectivity index (χ1v) is 9.71. The number of hydrogen-bond donors (Lipinski definition) is 8. The summed E-state index contributed by atoms with van der Waals surface area (Å²) < 4.78 is 11.1. The Hall–Kier alpha value is -2.93. The van der Waals surface area contributed by atoms with Crippen LogP contribution in [0.25, 0.3) is 0 Å². The molecule has 2 aliphatic rings. The minimum absolute atomic E-state index is 0.0804. The van der Waals surface area contributed by atoms with Crippen molar-refractivity contribution >= 4 is 5.78 Å². The molecule has 2 heterocycles. The van der Waals surface area contributed by atoms with Gasteiger partial charge in [0.25, 0.3) is 0 Å². The lowest BCUT2D eigenvalue weighted by molar-refractivity contribution is -0.233. The number of benzene rings is 2. The number of rotatable bonds is 3. The van der Waals surface area contributed by atoms with Crippen LogP contribution in [-0.2, 0) is 10.5 Å². The Labute approximate surface area is 181 Å². The van der Waals surface area contributed by atoms with Crippen LogP contribution >= 0.6 is 0 Å². The molecule has 172 valence electrons. The van der Waals surface area contributed by atoms with Gasteiger partial charge in [0.2, 0.25) is 5.79 Å². The van der Waals surface area contributed by atoms with E-state index in [-0.39, 0.29) is 16.9 Å². The van der Waals surface area contributed by atoms with Gasteiger partial charge in [0, 0.05) is 11.6 Å². The van der Waals surface area contributed by atoms with Gasteiger partial charge < -0.3 is 50.3 Å². The van der Waals surface area contributed by atoms with Crippen LogP contribution in [0.4, 0.5) is 0 Å². The van der Waals surface area contributed by atoms with E-state index in [0.29, 0.717) is 0 Å². The molecule has 8 N–H and O–H groups in total. The van der Waals surface area contributed by atoms with Crippen LogP contribution in [0.2, 0.25) is 0 Å². The van der Waals surface area contributed by atoms with Gasteiger partial charge in [-0.25, -0.2) is 0 Å². The number of hydrogen-bond acceptors (Lipinski definition) is 11. The van der Waals surface area contributed by atoms with Crippen molar-refractivity contribution in [3.8, 4) is 23.0 Å². The van der Waals surface area contributed by atoms with Gasteiger partial charge in [0.15, 0.2) is 5.78 Å². The first-order valence-electron chi connectivity index (χ1n) is 9.71. The second-order valence-corrected chi connectivity index (χ2v) is 7.82. The summed E-state index contributed by atoms with van der Waals surface area (Å²) in [5.41, 5.74) is -0.685. The van der Waals surface area contributed by atoms with Gasteiger partial charge in [0.05, 0.1) is 18.6 Å². The Morgan fingerprint density at radius 2 is 1.62 bits per heavy atom. The Bertz CT molecular complexity index is 1040. The molecule has 1 fully saturated rings. The second-order valence-electron chi connectivity index (χ2n) is 7.82. The van der Waals surface area contributed by atoms with Crippen molar-refractivity contribution in [3.63, 3.8) is 0 Å². The highest BCUT2D eigenvalue weighted by molar-refractivity contribution is 6.03. The van der Waals surface area contributed by atoms with Crippen LogP contribution in [-0.4, -0.2) is 77.7 Å². The molecule has 6 atom stereocenters. The molecule has 11 nitrogen and oxygen atoms in total. The molecule has 1 unspecified atom stereocenters. The van der Waals surface area contributed by atoms with Gasteiger partial charge in [-0.3, -0.25) is 4.79 Å². The number of ether oxygens (including phenoxy) is 2. The molecule has 0 amide bonds. The number of aromatic hydroxyl groups is 3.